The van der Waals surface area contributed by atoms with E-state index in [2.05, 4.69) is 5.32 Å². The minimum absolute atomic E-state index is 0.414. The number of alkyl carbamates (subject to hydrolysis) is 1. The molecule has 0 rings (SSSR count). The zero-order valence-corrected chi connectivity index (χ0v) is 9.11. The number of ether oxygens (including phenoxy) is 1. The van der Waals surface area contributed by atoms with E-state index in [4.69, 9.17) is 25.5 Å². The summed E-state index contributed by atoms with van der Waals surface area (Å²) >= 11 is 0. The molecule has 5 N–H and O–H groups in total. The van der Waals surface area contributed by atoms with Crippen LogP contribution >= 0.6 is 0 Å². The summed E-state index contributed by atoms with van der Waals surface area (Å²) in [6, 6.07) is 0. The maximum absolute atomic E-state index is 10.8. The third-order valence-corrected chi connectivity index (χ3v) is 0.813. The Kier molecular flexibility index (Phi) is 8.36. The van der Waals surface area contributed by atoms with Gasteiger partial charge in [0, 0.05) is 13.1 Å². The van der Waals surface area contributed by atoms with Gasteiger partial charge < -0.3 is 26.0 Å². The highest BCUT2D eigenvalue weighted by Gasteiger charge is 2.14. The van der Waals surface area contributed by atoms with Gasteiger partial charge in [-0.05, 0) is 20.8 Å². The van der Waals surface area contributed by atoms with Crippen LogP contribution in [0.5, 0.6) is 0 Å². The van der Waals surface area contributed by atoms with Gasteiger partial charge in [0.2, 0.25) is 0 Å². The fourth-order valence-electron chi connectivity index (χ4n) is 0.488. The number of hydrogen-bond donors (Lipinski definition) is 4. The van der Waals surface area contributed by atoms with Gasteiger partial charge in [0.05, 0.1) is 0 Å². The average Bonchev–Trinajstić information content (AvgIpc) is 1.96. The van der Waals surface area contributed by atoms with Crippen LogP contribution in [0.1, 0.15) is 20.8 Å². The van der Waals surface area contributed by atoms with Crippen molar-refractivity contribution in [1.29, 1.82) is 0 Å². The van der Waals surface area contributed by atoms with Crippen LogP contribution in [0.2, 0.25) is 0 Å². The summed E-state index contributed by atoms with van der Waals surface area (Å²) in [5.41, 5.74) is 4.74. The summed E-state index contributed by atoms with van der Waals surface area (Å²) in [7, 11) is 0. The van der Waals surface area contributed by atoms with Crippen molar-refractivity contribution in [3.63, 3.8) is 0 Å². The molecule has 0 aromatic carbocycles. The Morgan fingerprint density at radius 3 is 2.00 bits per heavy atom. The van der Waals surface area contributed by atoms with Gasteiger partial charge in [0.15, 0.2) is 0 Å². The molecule has 1 amide bonds. The number of rotatable bonds is 2. The molecular weight excluding hydrogens is 204 g/mol. The van der Waals surface area contributed by atoms with E-state index in [1.54, 1.807) is 0 Å². The molecule has 0 aliphatic carbocycles. The summed E-state index contributed by atoms with van der Waals surface area (Å²) in [5.74, 6) is 0. The lowest BCUT2D eigenvalue weighted by Gasteiger charge is -2.19. The molecule has 0 saturated heterocycles. The minimum Gasteiger partial charge on any atom is -0.450 e. The quantitative estimate of drug-likeness (QED) is 0.545. The molecule has 0 spiro atoms. The molecule has 0 heterocycles. The molecular formula is C8H18N2O5. The summed E-state index contributed by atoms with van der Waals surface area (Å²) < 4.78 is 4.93. The van der Waals surface area contributed by atoms with E-state index >= 15 is 0 Å². The van der Waals surface area contributed by atoms with Crippen LogP contribution in [0, 0.1) is 0 Å². The maximum atomic E-state index is 10.8. The summed E-state index contributed by atoms with van der Waals surface area (Å²) in [5, 5.41) is 16.4. The third-order valence-electron chi connectivity index (χ3n) is 0.813. The second-order valence-corrected chi connectivity index (χ2v) is 3.50. The molecule has 0 atom stereocenters. The van der Waals surface area contributed by atoms with Crippen molar-refractivity contribution in [2.75, 3.05) is 13.1 Å². The molecule has 0 bridgehead atoms. The van der Waals surface area contributed by atoms with Crippen LogP contribution in [-0.4, -0.2) is 41.2 Å². The van der Waals surface area contributed by atoms with Gasteiger partial charge in [-0.15, -0.1) is 0 Å². The van der Waals surface area contributed by atoms with E-state index < -0.39 is 17.8 Å². The lowest BCUT2D eigenvalue weighted by Crippen LogP contribution is -2.35. The SMILES string of the molecule is CC(C)(C)OC(=O)NCCN.O=C(O)O. The largest absolute Gasteiger partial charge is 0.503 e. The van der Waals surface area contributed by atoms with E-state index in [-0.39, 0.29) is 0 Å². The van der Waals surface area contributed by atoms with Gasteiger partial charge in [0.25, 0.3) is 0 Å². The molecule has 0 radical (unpaired) electrons. The Labute approximate surface area is 88.2 Å². The van der Waals surface area contributed by atoms with Crippen molar-refractivity contribution in [1.82, 2.24) is 5.32 Å². The molecule has 15 heavy (non-hydrogen) atoms. The molecule has 0 fully saturated rings. The van der Waals surface area contributed by atoms with Gasteiger partial charge in [0.1, 0.15) is 5.60 Å². The molecule has 7 heteroatoms. The van der Waals surface area contributed by atoms with Gasteiger partial charge in [-0.2, -0.15) is 0 Å². The van der Waals surface area contributed by atoms with Crippen molar-refractivity contribution >= 4 is 12.2 Å². The summed E-state index contributed by atoms with van der Waals surface area (Å²) in [6.07, 6.45) is -2.25. The number of nitrogens with one attached hydrogen (secondary N) is 1. The fraction of sp³-hybridized carbons (Fsp3) is 0.750. The zero-order chi connectivity index (χ0) is 12.5. The van der Waals surface area contributed by atoms with Crippen molar-refractivity contribution in [2.24, 2.45) is 5.73 Å². The first-order chi connectivity index (χ1) is 6.69. The first-order valence-electron chi connectivity index (χ1n) is 4.28. The Morgan fingerprint density at radius 2 is 1.73 bits per heavy atom. The molecule has 0 unspecified atom stereocenters. The van der Waals surface area contributed by atoms with Crippen molar-refractivity contribution in [3.05, 3.63) is 0 Å². The smallest absolute Gasteiger partial charge is 0.450 e. The van der Waals surface area contributed by atoms with Gasteiger partial charge in [-0.25, -0.2) is 9.59 Å². The molecule has 0 aliphatic heterocycles. The first-order valence-corrected chi connectivity index (χ1v) is 4.28. The lowest BCUT2D eigenvalue weighted by molar-refractivity contribution is 0.0529. The van der Waals surface area contributed by atoms with E-state index in [0.717, 1.165) is 0 Å². The normalized spacial score (nSPS) is 9.60. The highest BCUT2D eigenvalue weighted by Crippen LogP contribution is 2.05. The second-order valence-electron chi connectivity index (χ2n) is 3.50. The fourth-order valence-corrected chi connectivity index (χ4v) is 0.488. The molecule has 0 aliphatic rings. The second kappa shape index (κ2) is 7.86. The molecule has 0 aromatic heterocycles. The zero-order valence-electron chi connectivity index (χ0n) is 9.11. The highest BCUT2D eigenvalue weighted by molar-refractivity contribution is 5.67. The van der Waals surface area contributed by atoms with Crippen LogP contribution in [-0.2, 0) is 4.74 Å². The summed E-state index contributed by atoms with van der Waals surface area (Å²) in [4.78, 5) is 19.4. The van der Waals surface area contributed by atoms with Crippen LogP contribution in [0.25, 0.3) is 0 Å². The Hall–Kier alpha value is -1.50. The van der Waals surface area contributed by atoms with Crippen molar-refractivity contribution in [3.8, 4) is 0 Å². The third kappa shape index (κ3) is 24.5. The number of hydrogen-bond acceptors (Lipinski definition) is 4. The predicted molar refractivity (Wildman–Crippen MR) is 53.9 cm³/mol. The van der Waals surface area contributed by atoms with Gasteiger partial charge >= 0.3 is 12.2 Å². The Bertz CT molecular complexity index is 196. The van der Waals surface area contributed by atoms with E-state index in [0.29, 0.717) is 13.1 Å². The monoisotopic (exact) mass is 222 g/mol. The summed E-state index contributed by atoms with van der Waals surface area (Å²) in [6.45, 7) is 6.33. The first kappa shape index (κ1) is 15.9. The number of carboxylic acid groups (broad SMARTS) is 2. The molecule has 90 valence electrons. The average molecular weight is 222 g/mol. The van der Waals surface area contributed by atoms with E-state index in [9.17, 15) is 4.79 Å². The van der Waals surface area contributed by atoms with Crippen LogP contribution in [0.3, 0.4) is 0 Å². The minimum atomic E-state index is -1.83. The van der Waals surface area contributed by atoms with Crippen LogP contribution < -0.4 is 11.1 Å². The molecule has 7 nitrogen and oxygen atoms in total. The lowest BCUT2D eigenvalue weighted by atomic mass is 10.2. The predicted octanol–water partition coefficient (Wildman–Crippen LogP) is 0.692. The Morgan fingerprint density at radius 1 is 1.33 bits per heavy atom. The maximum Gasteiger partial charge on any atom is 0.503 e. The molecule has 0 aromatic rings. The standard InChI is InChI=1S/C7H16N2O2.CH2O3/c1-7(2,3)11-6(10)9-5-4-8;2-1(3)4/h4-5,8H2,1-3H3,(H,9,10);(H2,2,3,4). The van der Waals surface area contributed by atoms with Crippen molar-refractivity contribution < 1.29 is 24.5 Å². The number of carbonyl (C=O) groups excluding carboxylic acids is 1. The van der Waals surface area contributed by atoms with E-state index in [1.807, 2.05) is 20.8 Å². The van der Waals surface area contributed by atoms with Gasteiger partial charge in [-0.3, -0.25) is 0 Å². The number of carbonyl (C=O) groups is 2. The number of amides is 1. The van der Waals surface area contributed by atoms with Crippen LogP contribution in [0.4, 0.5) is 9.59 Å². The Balaban J connectivity index is 0. The molecule has 0 saturated carbocycles. The number of nitrogens with two attached hydrogens (primary N) is 1. The topological polar surface area (TPSA) is 122 Å². The van der Waals surface area contributed by atoms with Crippen LogP contribution in [0.15, 0.2) is 0 Å². The van der Waals surface area contributed by atoms with E-state index in [1.165, 1.54) is 0 Å². The van der Waals surface area contributed by atoms with Gasteiger partial charge in [-0.1, -0.05) is 0 Å². The highest BCUT2D eigenvalue weighted by atomic mass is 16.6. The van der Waals surface area contributed by atoms with Crippen molar-refractivity contribution in [2.45, 2.75) is 26.4 Å².